The highest BCUT2D eigenvalue weighted by atomic mass is 19.2. The SMILES string of the molecule is Cc1ccc(-c2ccc(CC/C=C/C3CCC(C4C=CC(C)CC4)CC3)cc2)c(F)c1F. The monoisotopic (exact) mass is 434 g/mol. The molecule has 2 aliphatic carbocycles. The maximum absolute atomic E-state index is 14.2. The Hall–Kier alpha value is -2.22. The zero-order valence-electron chi connectivity index (χ0n) is 19.5. The molecule has 32 heavy (non-hydrogen) atoms. The fraction of sp³-hybridized carbons (Fsp3) is 0.467. The molecule has 4 rings (SSSR count). The van der Waals surface area contributed by atoms with Crippen LogP contribution in [-0.2, 0) is 6.42 Å². The molecule has 2 heteroatoms. The van der Waals surface area contributed by atoms with Crippen molar-refractivity contribution in [2.75, 3.05) is 0 Å². The van der Waals surface area contributed by atoms with Crippen LogP contribution in [0.5, 0.6) is 0 Å². The van der Waals surface area contributed by atoms with E-state index in [1.165, 1.54) is 44.1 Å². The lowest BCUT2D eigenvalue weighted by Crippen LogP contribution is -2.22. The second-order valence-electron chi connectivity index (χ2n) is 10.00. The van der Waals surface area contributed by atoms with E-state index < -0.39 is 11.6 Å². The lowest BCUT2D eigenvalue weighted by Gasteiger charge is -2.33. The van der Waals surface area contributed by atoms with Crippen molar-refractivity contribution in [2.24, 2.45) is 23.7 Å². The van der Waals surface area contributed by atoms with Crippen LogP contribution < -0.4 is 0 Å². The molecule has 0 heterocycles. The summed E-state index contributed by atoms with van der Waals surface area (Å²) >= 11 is 0. The predicted octanol–water partition coefficient (Wildman–Crippen LogP) is 8.84. The van der Waals surface area contributed by atoms with Crippen LogP contribution in [0, 0.1) is 42.2 Å². The Labute approximate surface area is 192 Å². The van der Waals surface area contributed by atoms with Crippen LogP contribution in [0.2, 0.25) is 0 Å². The van der Waals surface area contributed by atoms with Crippen molar-refractivity contribution < 1.29 is 8.78 Å². The zero-order chi connectivity index (χ0) is 22.5. The van der Waals surface area contributed by atoms with Gasteiger partial charge < -0.3 is 0 Å². The average molecular weight is 435 g/mol. The summed E-state index contributed by atoms with van der Waals surface area (Å²) < 4.78 is 28.1. The largest absolute Gasteiger partial charge is 0.203 e. The number of benzene rings is 2. The standard InChI is InChI=1S/C30H36F2/c1-21-7-14-25(15-8-21)26-16-10-23(11-17-26)5-3-4-6-24-12-18-27(19-13-24)28-20-9-22(2)29(31)30(28)32/h3,5,7,9,12-14,18-21,23,25-26H,4,6,8,10-11,15-17H2,1-2H3/b5-3+. The first-order valence-corrected chi connectivity index (χ1v) is 12.4. The van der Waals surface area contributed by atoms with Crippen LogP contribution in [0.4, 0.5) is 8.78 Å². The molecular formula is C30H36F2. The Morgan fingerprint density at radius 1 is 0.844 bits per heavy atom. The van der Waals surface area contributed by atoms with Crippen LogP contribution in [0.3, 0.4) is 0 Å². The lowest BCUT2D eigenvalue weighted by atomic mass is 9.72. The van der Waals surface area contributed by atoms with Gasteiger partial charge in [0.15, 0.2) is 11.6 Å². The van der Waals surface area contributed by atoms with E-state index in [-0.39, 0.29) is 0 Å². The van der Waals surface area contributed by atoms with Crippen LogP contribution >= 0.6 is 0 Å². The molecule has 0 spiro atoms. The summed E-state index contributed by atoms with van der Waals surface area (Å²) in [6.07, 6.45) is 19.9. The third-order valence-electron chi connectivity index (χ3n) is 7.61. The minimum atomic E-state index is -0.760. The van der Waals surface area contributed by atoms with E-state index in [0.29, 0.717) is 11.1 Å². The number of allylic oxidation sites excluding steroid dienone is 4. The molecule has 1 fully saturated rings. The first kappa shape index (κ1) is 23.0. The van der Waals surface area contributed by atoms with Gasteiger partial charge in [-0.05, 0) is 98.7 Å². The van der Waals surface area contributed by atoms with Gasteiger partial charge in [-0.3, -0.25) is 0 Å². The maximum Gasteiger partial charge on any atom is 0.166 e. The second kappa shape index (κ2) is 10.6. The topological polar surface area (TPSA) is 0 Å². The molecule has 0 aromatic heterocycles. The van der Waals surface area contributed by atoms with E-state index in [1.807, 2.05) is 24.3 Å². The summed E-state index contributed by atoms with van der Waals surface area (Å²) in [7, 11) is 0. The molecule has 0 radical (unpaired) electrons. The van der Waals surface area contributed by atoms with Gasteiger partial charge in [0.25, 0.3) is 0 Å². The van der Waals surface area contributed by atoms with Gasteiger partial charge in [-0.15, -0.1) is 0 Å². The molecule has 170 valence electrons. The first-order chi connectivity index (χ1) is 15.5. The highest BCUT2D eigenvalue weighted by Gasteiger charge is 2.26. The van der Waals surface area contributed by atoms with Crippen LogP contribution in [0.25, 0.3) is 11.1 Å². The van der Waals surface area contributed by atoms with E-state index in [1.54, 1.807) is 19.1 Å². The molecule has 2 aromatic rings. The summed E-state index contributed by atoms with van der Waals surface area (Å²) in [6, 6.07) is 11.1. The zero-order valence-corrected chi connectivity index (χ0v) is 19.5. The molecular weight excluding hydrogens is 398 g/mol. The summed E-state index contributed by atoms with van der Waals surface area (Å²) in [5.41, 5.74) is 2.62. The van der Waals surface area contributed by atoms with E-state index in [2.05, 4.69) is 31.2 Å². The van der Waals surface area contributed by atoms with E-state index in [4.69, 9.17) is 0 Å². The molecule has 0 saturated heterocycles. The molecule has 2 atom stereocenters. The van der Waals surface area contributed by atoms with Gasteiger partial charge in [-0.25, -0.2) is 8.78 Å². The van der Waals surface area contributed by atoms with Crippen molar-refractivity contribution in [1.29, 1.82) is 0 Å². The number of hydrogen-bond donors (Lipinski definition) is 0. The number of hydrogen-bond acceptors (Lipinski definition) is 0. The van der Waals surface area contributed by atoms with E-state index >= 15 is 0 Å². The molecule has 0 nitrogen and oxygen atoms in total. The lowest BCUT2D eigenvalue weighted by molar-refractivity contribution is 0.233. The molecule has 0 N–H and O–H groups in total. The molecule has 2 unspecified atom stereocenters. The maximum atomic E-state index is 14.2. The molecule has 0 amide bonds. The van der Waals surface area contributed by atoms with Crippen molar-refractivity contribution in [2.45, 2.75) is 65.2 Å². The van der Waals surface area contributed by atoms with Crippen LogP contribution in [0.1, 0.15) is 63.0 Å². The van der Waals surface area contributed by atoms with Gasteiger partial charge in [0.05, 0.1) is 0 Å². The Morgan fingerprint density at radius 2 is 1.59 bits per heavy atom. The highest BCUT2D eigenvalue weighted by molar-refractivity contribution is 5.65. The summed E-state index contributed by atoms with van der Waals surface area (Å²) in [5.74, 6) is 1.71. The molecule has 0 bridgehead atoms. The summed E-state index contributed by atoms with van der Waals surface area (Å²) in [6.45, 7) is 3.91. The van der Waals surface area contributed by atoms with Gasteiger partial charge >= 0.3 is 0 Å². The normalized spacial score (nSPS) is 26.0. The Bertz CT molecular complexity index is 946. The van der Waals surface area contributed by atoms with Gasteiger partial charge in [-0.1, -0.05) is 67.6 Å². The minimum absolute atomic E-state index is 0.327. The number of halogens is 2. The van der Waals surface area contributed by atoms with E-state index in [9.17, 15) is 8.78 Å². The van der Waals surface area contributed by atoms with Gasteiger partial charge in [0, 0.05) is 5.56 Å². The fourth-order valence-corrected chi connectivity index (χ4v) is 5.40. The van der Waals surface area contributed by atoms with Gasteiger partial charge in [0.2, 0.25) is 0 Å². The molecule has 1 saturated carbocycles. The molecule has 2 aliphatic rings. The first-order valence-electron chi connectivity index (χ1n) is 12.4. The number of rotatable bonds is 6. The second-order valence-corrected chi connectivity index (χ2v) is 10.00. The van der Waals surface area contributed by atoms with Crippen molar-refractivity contribution >= 4 is 0 Å². The van der Waals surface area contributed by atoms with Crippen LogP contribution in [0.15, 0.2) is 60.7 Å². The van der Waals surface area contributed by atoms with Crippen molar-refractivity contribution in [3.8, 4) is 11.1 Å². The summed E-state index contributed by atoms with van der Waals surface area (Å²) in [5, 5.41) is 0. The molecule has 2 aromatic carbocycles. The molecule has 0 aliphatic heterocycles. The minimum Gasteiger partial charge on any atom is -0.203 e. The van der Waals surface area contributed by atoms with Crippen molar-refractivity contribution in [3.05, 3.63) is 83.5 Å². The smallest absolute Gasteiger partial charge is 0.166 e. The summed E-state index contributed by atoms with van der Waals surface area (Å²) in [4.78, 5) is 0. The third kappa shape index (κ3) is 5.57. The van der Waals surface area contributed by atoms with E-state index in [0.717, 1.165) is 42.1 Å². The van der Waals surface area contributed by atoms with Crippen molar-refractivity contribution in [3.63, 3.8) is 0 Å². The average Bonchev–Trinajstić information content (AvgIpc) is 2.82. The van der Waals surface area contributed by atoms with Gasteiger partial charge in [-0.2, -0.15) is 0 Å². The predicted molar refractivity (Wildman–Crippen MR) is 130 cm³/mol. The van der Waals surface area contributed by atoms with Crippen molar-refractivity contribution in [1.82, 2.24) is 0 Å². The highest BCUT2D eigenvalue weighted by Crippen LogP contribution is 2.39. The quantitative estimate of drug-likeness (QED) is 0.398. The van der Waals surface area contributed by atoms with Gasteiger partial charge in [0.1, 0.15) is 0 Å². The Balaban J connectivity index is 1.23. The number of aryl methyl sites for hydroxylation is 2. The third-order valence-corrected chi connectivity index (χ3v) is 7.61. The Kier molecular flexibility index (Phi) is 7.60. The van der Waals surface area contributed by atoms with Crippen LogP contribution in [-0.4, -0.2) is 0 Å². The Morgan fingerprint density at radius 3 is 2.28 bits per heavy atom. The fourth-order valence-electron chi connectivity index (χ4n) is 5.40.